The second-order valence-electron chi connectivity index (χ2n) is 8.65. The van der Waals surface area contributed by atoms with Gasteiger partial charge >= 0.3 is 12.2 Å². The molecule has 5 nitrogen and oxygen atoms in total. The Kier molecular flexibility index (Phi) is 8.22. The lowest BCUT2D eigenvalue weighted by atomic mass is 9.95. The standard InChI is InChI=1S/C23H34F3N3O2/c1-3-27(18(2)15-20-5-4-6-21(16-20)23(24,25)26)17-19-7-9-28(10-8-19)22(30)29-11-13-31-14-12-29/h4-6,16,18-19H,3,7-15,17H2,1-2H3. The second-order valence-corrected chi connectivity index (χ2v) is 8.65. The Morgan fingerprint density at radius 3 is 2.42 bits per heavy atom. The van der Waals surface area contributed by atoms with Crippen molar-refractivity contribution in [2.45, 2.75) is 45.3 Å². The number of urea groups is 1. The summed E-state index contributed by atoms with van der Waals surface area (Å²) >= 11 is 0. The van der Waals surface area contributed by atoms with Gasteiger partial charge in [0, 0.05) is 38.8 Å². The van der Waals surface area contributed by atoms with Crippen LogP contribution >= 0.6 is 0 Å². The van der Waals surface area contributed by atoms with Gasteiger partial charge in [-0.1, -0.05) is 25.1 Å². The molecule has 0 aromatic heterocycles. The van der Waals surface area contributed by atoms with Crippen LogP contribution in [0.1, 0.15) is 37.8 Å². The van der Waals surface area contributed by atoms with Crippen molar-refractivity contribution in [3.05, 3.63) is 35.4 Å². The summed E-state index contributed by atoms with van der Waals surface area (Å²) in [6, 6.07) is 5.92. The first-order chi connectivity index (χ1) is 14.8. The fraction of sp³-hybridized carbons (Fsp3) is 0.696. The van der Waals surface area contributed by atoms with Crippen LogP contribution < -0.4 is 0 Å². The summed E-state index contributed by atoms with van der Waals surface area (Å²) in [6.45, 7) is 10.0. The minimum atomic E-state index is -4.31. The number of carbonyl (C=O) groups excluding carboxylic acids is 1. The first-order valence-electron chi connectivity index (χ1n) is 11.3. The minimum Gasteiger partial charge on any atom is -0.378 e. The zero-order valence-corrected chi connectivity index (χ0v) is 18.5. The number of morpholine rings is 1. The number of nitrogens with zero attached hydrogens (tertiary/aromatic N) is 3. The number of benzene rings is 1. The molecule has 0 spiro atoms. The SMILES string of the molecule is CCN(CC1CCN(C(=O)N2CCOCC2)CC1)C(C)Cc1cccc(C(F)(F)F)c1. The Labute approximate surface area is 183 Å². The Balaban J connectivity index is 1.49. The molecule has 2 aliphatic rings. The molecule has 2 saturated heterocycles. The highest BCUT2D eigenvalue weighted by Gasteiger charge is 2.31. The number of amides is 2. The largest absolute Gasteiger partial charge is 0.416 e. The summed E-state index contributed by atoms with van der Waals surface area (Å²) in [5.74, 6) is 0.498. The van der Waals surface area contributed by atoms with Gasteiger partial charge in [0.1, 0.15) is 0 Å². The normalized spacial score (nSPS) is 19.7. The topological polar surface area (TPSA) is 36.0 Å². The van der Waals surface area contributed by atoms with Crippen LogP contribution in [0.15, 0.2) is 24.3 Å². The highest BCUT2D eigenvalue weighted by molar-refractivity contribution is 5.74. The third-order valence-corrected chi connectivity index (χ3v) is 6.47. The van der Waals surface area contributed by atoms with Gasteiger partial charge in [-0.2, -0.15) is 13.2 Å². The zero-order chi connectivity index (χ0) is 22.4. The molecular weight excluding hydrogens is 407 g/mol. The molecule has 0 N–H and O–H groups in total. The number of likely N-dealkylation sites (tertiary alicyclic amines) is 1. The molecule has 1 unspecified atom stereocenters. The number of hydrogen-bond acceptors (Lipinski definition) is 3. The number of piperidine rings is 1. The molecule has 1 aromatic rings. The lowest BCUT2D eigenvalue weighted by Crippen LogP contribution is -2.51. The lowest BCUT2D eigenvalue weighted by molar-refractivity contribution is -0.137. The van der Waals surface area contributed by atoms with Gasteiger partial charge in [0.25, 0.3) is 0 Å². The van der Waals surface area contributed by atoms with E-state index in [2.05, 4.69) is 18.7 Å². The number of hydrogen-bond donors (Lipinski definition) is 0. The molecule has 8 heteroatoms. The predicted octanol–water partition coefficient (Wildman–Crippen LogP) is 4.12. The minimum absolute atomic E-state index is 0.118. The maximum absolute atomic E-state index is 13.0. The van der Waals surface area contributed by atoms with Crippen LogP contribution in [-0.2, 0) is 17.3 Å². The quantitative estimate of drug-likeness (QED) is 0.666. The third kappa shape index (κ3) is 6.59. The molecule has 2 aliphatic heterocycles. The summed E-state index contributed by atoms with van der Waals surface area (Å²) in [6.07, 6.45) is -1.80. The van der Waals surface area contributed by atoms with E-state index < -0.39 is 11.7 Å². The number of ether oxygens (including phenoxy) is 1. The van der Waals surface area contributed by atoms with Gasteiger partial charge in [0.2, 0.25) is 0 Å². The Morgan fingerprint density at radius 2 is 1.81 bits per heavy atom. The summed E-state index contributed by atoms with van der Waals surface area (Å²) in [5.41, 5.74) is 0.129. The molecule has 0 bridgehead atoms. The van der Waals surface area contributed by atoms with E-state index in [9.17, 15) is 18.0 Å². The van der Waals surface area contributed by atoms with Crippen LogP contribution in [0.25, 0.3) is 0 Å². The van der Waals surface area contributed by atoms with E-state index in [1.807, 2.05) is 9.80 Å². The smallest absolute Gasteiger partial charge is 0.378 e. The van der Waals surface area contributed by atoms with Gasteiger partial charge in [-0.3, -0.25) is 0 Å². The van der Waals surface area contributed by atoms with E-state index in [0.717, 1.165) is 45.1 Å². The Bertz CT molecular complexity index is 714. The zero-order valence-electron chi connectivity index (χ0n) is 18.5. The van der Waals surface area contributed by atoms with Gasteiger partial charge in [0.15, 0.2) is 0 Å². The maximum atomic E-state index is 13.0. The van der Waals surface area contributed by atoms with Gasteiger partial charge in [-0.05, 0) is 50.3 Å². The highest BCUT2D eigenvalue weighted by Crippen LogP contribution is 2.30. The van der Waals surface area contributed by atoms with Crippen molar-refractivity contribution in [3.8, 4) is 0 Å². The highest BCUT2D eigenvalue weighted by atomic mass is 19.4. The van der Waals surface area contributed by atoms with Gasteiger partial charge in [-0.25, -0.2) is 4.79 Å². The van der Waals surface area contributed by atoms with Crippen LogP contribution in [0.4, 0.5) is 18.0 Å². The fourth-order valence-corrected chi connectivity index (χ4v) is 4.56. The molecule has 2 amide bonds. The average Bonchev–Trinajstić information content (AvgIpc) is 2.77. The molecule has 3 rings (SSSR count). The number of likely N-dealkylation sites (N-methyl/N-ethyl adjacent to an activating group) is 1. The fourth-order valence-electron chi connectivity index (χ4n) is 4.56. The predicted molar refractivity (Wildman–Crippen MR) is 114 cm³/mol. The van der Waals surface area contributed by atoms with Crippen molar-refractivity contribution in [2.24, 2.45) is 5.92 Å². The molecule has 1 atom stereocenters. The second kappa shape index (κ2) is 10.7. The lowest BCUT2D eigenvalue weighted by Gasteiger charge is -2.39. The van der Waals surface area contributed by atoms with Gasteiger partial charge in [-0.15, -0.1) is 0 Å². The number of rotatable bonds is 6. The summed E-state index contributed by atoms with van der Waals surface area (Å²) in [7, 11) is 0. The first-order valence-corrected chi connectivity index (χ1v) is 11.3. The van der Waals surface area contributed by atoms with Crippen LogP contribution in [-0.4, -0.2) is 79.3 Å². The number of halogens is 3. The van der Waals surface area contributed by atoms with Crippen LogP contribution in [0.2, 0.25) is 0 Å². The maximum Gasteiger partial charge on any atom is 0.416 e. The molecule has 1 aromatic carbocycles. The van der Waals surface area contributed by atoms with E-state index in [4.69, 9.17) is 4.74 Å². The summed E-state index contributed by atoms with van der Waals surface area (Å²) in [4.78, 5) is 18.8. The Morgan fingerprint density at radius 1 is 1.16 bits per heavy atom. The van der Waals surface area contributed by atoms with Crippen molar-refractivity contribution in [3.63, 3.8) is 0 Å². The van der Waals surface area contributed by atoms with E-state index in [1.165, 1.54) is 12.1 Å². The van der Waals surface area contributed by atoms with Crippen LogP contribution in [0.3, 0.4) is 0 Å². The van der Waals surface area contributed by atoms with Crippen molar-refractivity contribution in [2.75, 3.05) is 52.5 Å². The van der Waals surface area contributed by atoms with E-state index in [1.54, 1.807) is 6.07 Å². The number of carbonyl (C=O) groups is 1. The summed E-state index contributed by atoms with van der Waals surface area (Å²) < 4.78 is 44.3. The molecule has 2 heterocycles. The number of alkyl halides is 3. The van der Waals surface area contributed by atoms with Gasteiger partial charge in [0.05, 0.1) is 18.8 Å². The van der Waals surface area contributed by atoms with Crippen molar-refractivity contribution >= 4 is 6.03 Å². The van der Waals surface area contributed by atoms with Crippen LogP contribution in [0, 0.1) is 5.92 Å². The molecule has 174 valence electrons. The van der Waals surface area contributed by atoms with Crippen LogP contribution in [0.5, 0.6) is 0 Å². The first kappa shape index (κ1) is 23.9. The summed E-state index contributed by atoms with van der Waals surface area (Å²) in [5, 5.41) is 0. The third-order valence-electron chi connectivity index (χ3n) is 6.47. The van der Waals surface area contributed by atoms with Crippen molar-refractivity contribution in [1.82, 2.24) is 14.7 Å². The van der Waals surface area contributed by atoms with E-state index in [-0.39, 0.29) is 12.1 Å². The van der Waals surface area contributed by atoms with E-state index in [0.29, 0.717) is 44.2 Å². The molecular formula is C23H34F3N3O2. The van der Waals surface area contributed by atoms with Crippen molar-refractivity contribution < 1.29 is 22.7 Å². The van der Waals surface area contributed by atoms with Gasteiger partial charge < -0.3 is 19.4 Å². The average molecular weight is 442 g/mol. The van der Waals surface area contributed by atoms with E-state index >= 15 is 0 Å². The van der Waals surface area contributed by atoms with Crippen molar-refractivity contribution in [1.29, 1.82) is 0 Å². The molecule has 31 heavy (non-hydrogen) atoms. The monoisotopic (exact) mass is 441 g/mol. The molecule has 0 aliphatic carbocycles. The molecule has 0 saturated carbocycles. The molecule has 2 fully saturated rings. The Hall–Kier alpha value is -1.80. The molecule has 0 radical (unpaired) electrons.